The molecular formula is C19H19NO4. The summed E-state index contributed by atoms with van der Waals surface area (Å²) < 4.78 is 5.01. The Morgan fingerprint density at radius 3 is 2.58 bits per heavy atom. The number of hydrogen-bond acceptors (Lipinski definition) is 4. The minimum atomic E-state index is -1.26. The van der Waals surface area contributed by atoms with Crippen LogP contribution < -0.4 is 4.90 Å². The van der Waals surface area contributed by atoms with Gasteiger partial charge in [0.2, 0.25) is 5.91 Å². The van der Waals surface area contributed by atoms with Crippen LogP contribution in [0.4, 0.5) is 11.4 Å². The molecule has 1 aliphatic heterocycles. The molecule has 0 bridgehead atoms. The number of esters is 1. The zero-order valence-corrected chi connectivity index (χ0v) is 13.6. The van der Waals surface area contributed by atoms with E-state index in [-0.39, 0.29) is 6.61 Å². The Balaban J connectivity index is 2.16. The van der Waals surface area contributed by atoms with E-state index in [1.807, 2.05) is 31.2 Å². The van der Waals surface area contributed by atoms with Gasteiger partial charge in [0, 0.05) is 11.3 Å². The molecule has 2 atom stereocenters. The number of nitrogens with zero attached hydrogens (tertiary/aromatic N) is 1. The molecule has 5 nitrogen and oxygen atoms in total. The number of carbonyl (C=O) groups is 2. The minimum Gasteiger partial charge on any atom is -0.465 e. The van der Waals surface area contributed by atoms with Crippen LogP contribution in [-0.4, -0.2) is 23.6 Å². The Morgan fingerprint density at radius 1 is 1.21 bits per heavy atom. The van der Waals surface area contributed by atoms with Crippen LogP contribution in [0.1, 0.15) is 24.2 Å². The highest BCUT2D eigenvalue weighted by Crippen LogP contribution is 2.42. The lowest BCUT2D eigenvalue weighted by atomic mass is 9.87. The second kappa shape index (κ2) is 6.45. The molecule has 0 aromatic heterocycles. The van der Waals surface area contributed by atoms with Crippen molar-refractivity contribution in [3.8, 4) is 0 Å². The third kappa shape index (κ3) is 2.67. The standard InChI is InChI=1S/C19H19NO4/c1-3-24-19(23)16-17(21)14-11-12(2)9-10-15(14)20(18(16)22)13-7-5-4-6-8-13/h4-11,16-17,21H,3H2,1-2H3. The van der Waals surface area contributed by atoms with Crippen LogP contribution in [0.5, 0.6) is 0 Å². The van der Waals surface area contributed by atoms with Gasteiger partial charge in [-0.3, -0.25) is 14.5 Å². The number of rotatable bonds is 3. The summed E-state index contributed by atoms with van der Waals surface area (Å²) in [7, 11) is 0. The number of aliphatic hydroxyl groups excluding tert-OH is 1. The number of ether oxygens (including phenoxy) is 1. The summed E-state index contributed by atoms with van der Waals surface area (Å²) in [6.45, 7) is 3.72. The number of carbonyl (C=O) groups excluding carboxylic acids is 2. The highest BCUT2D eigenvalue weighted by atomic mass is 16.5. The van der Waals surface area contributed by atoms with E-state index in [1.165, 1.54) is 4.90 Å². The van der Waals surface area contributed by atoms with Gasteiger partial charge in [-0.15, -0.1) is 0 Å². The van der Waals surface area contributed by atoms with Gasteiger partial charge >= 0.3 is 5.97 Å². The SMILES string of the molecule is CCOC(=O)C1C(=O)N(c2ccccc2)c2ccc(C)cc2C1O. The molecule has 0 aliphatic carbocycles. The average Bonchev–Trinajstić information content (AvgIpc) is 2.57. The molecule has 1 heterocycles. The van der Waals surface area contributed by atoms with Crippen molar-refractivity contribution in [2.45, 2.75) is 20.0 Å². The van der Waals surface area contributed by atoms with E-state index in [0.717, 1.165) is 5.56 Å². The number of fused-ring (bicyclic) bond motifs is 1. The average molecular weight is 325 g/mol. The van der Waals surface area contributed by atoms with Crippen LogP contribution in [0, 0.1) is 12.8 Å². The second-order valence-corrected chi connectivity index (χ2v) is 5.75. The quantitative estimate of drug-likeness (QED) is 0.696. The first-order valence-electron chi connectivity index (χ1n) is 7.89. The van der Waals surface area contributed by atoms with Crippen LogP contribution >= 0.6 is 0 Å². The predicted molar refractivity (Wildman–Crippen MR) is 89.8 cm³/mol. The Bertz CT molecular complexity index is 772. The van der Waals surface area contributed by atoms with Crippen molar-refractivity contribution in [1.82, 2.24) is 0 Å². The zero-order valence-electron chi connectivity index (χ0n) is 13.6. The van der Waals surface area contributed by atoms with Crippen molar-refractivity contribution in [1.29, 1.82) is 0 Å². The maximum atomic E-state index is 13.0. The molecule has 2 aromatic rings. The minimum absolute atomic E-state index is 0.154. The largest absolute Gasteiger partial charge is 0.465 e. The highest BCUT2D eigenvalue weighted by Gasteiger charge is 2.45. The second-order valence-electron chi connectivity index (χ2n) is 5.75. The van der Waals surface area contributed by atoms with Crippen molar-refractivity contribution in [2.24, 2.45) is 5.92 Å². The van der Waals surface area contributed by atoms with E-state index >= 15 is 0 Å². The molecule has 2 aromatic carbocycles. The first kappa shape index (κ1) is 16.2. The predicted octanol–water partition coefficient (Wildman–Crippen LogP) is 2.89. The molecule has 0 saturated heterocycles. The number of benzene rings is 2. The summed E-state index contributed by atoms with van der Waals surface area (Å²) in [5.74, 6) is -2.45. The summed E-state index contributed by atoms with van der Waals surface area (Å²) in [5, 5.41) is 10.6. The molecular weight excluding hydrogens is 306 g/mol. The maximum absolute atomic E-state index is 13.0. The van der Waals surface area contributed by atoms with Gasteiger partial charge < -0.3 is 9.84 Å². The number of hydrogen-bond donors (Lipinski definition) is 1. The lowest BCUT2D eigenvalue weighted by molar-refractivity contribution is -0.156. The van der Waals surface area contributed by atoms with Crippen LogP contribution in [0.25, 0.3) is 0 Å². The molecule has 2 unspecified atom stereocenters. The molecule has 124 valence electrons. The number of aliphatic hydroxyl groups is 1. The summed E-state index contributed by atoms with van der Waals surface area (Å²) in [5.41, 5.74) is 2.73. The van der Waals surface area contributed by atoms with Crippen molar-refractivity contribution in [2.75, 3.05) is 11.5 Å². The highest BCUT2D eigenvalue weighted by molar-refractivity contribution is 6.13. The monoisotopic (exact) mass is 325 g/mol. The lowest BCUT2D eigenvalue weighted by Gasteiger charge is -2.36. The molecule has 1 aliphatic rings. The lowest BCUT2D eigenvalue weighted by Crippen LogP contribution is -2.45. The van der Waals surface area contributed by atoms with Crippen molar-refractivity contribution in [3.63, 3.8) is 0 Å². The van der Waals surface area contributed by atoms with E-state index < -0.39 is 23.9 Å². The van der Waals surface area contributed by atoms with Gasteiger partial charge in [0.15, 0.2) is 5.92 Å². The molecule has 0 fully saturated rings. The van der Waals surface area contributed by atoms with E-state index in [1.54, 1.807) is 31.2 Å². The third-order valence-electron chi connectivity index (χ3n) is 4.10. The molecule has 1 N–H and O–H groups in total. The molecule has 5 heteroatoms. The third-order valence-corrected chi connectivity index (χ3v) is 4.10. The van der Waals surface area contributed by atoms with Crippen LogP contribution in [0.2, 0.25) is 0 Å². The molecule has 0 radical (unpaired) electrons. The normalized spacial score (nSPS) is 19.8. The van der Waals surface area contributed by atoms with Gasteiger partial charge in [0.25, 0.3) is 0 Å². The number of anilines is 2. The van der Waals surface area contributed by atoms with Crippen molar-refractivity contribution < 1.29 is 19.4 Å². The molecule has 1 amide bonds. The summed E-state index contributed by atoms with van der Waals surface area (Å²) in [6, 6.07) is 14.5. The number of para-hydroxylation sites is 1. The zero-order chi connectivity index (χ0) is 17.3. The van der Waals surface area contributed by atoms with Crippen LogP contribution in [0.15, 0.2) is 48.5 Å². The molecule has 0 saturated carbocycles. The van der Waals surface area contributed by atoms with Gasteiger partial charge in [-0.05, 0) is 32.0 Å². The molecule has 0 spiro atoms. The van der Waals surface area contributed by atoms with E-state index in [4.69, 9.17) is 4.74 Å². The van der Waals surface area contributed by atoms with Gasteiger partial charge in [-0.25, -0.2) is 0 Å². The first-order chi connectivity index (χ1) is 11.5. The Morgan fingerprint density at radius 2 is 1.92 bits per heavy atom. The Labute approximate surface area is 140 Å². The van der Waals surface area contributed by atoms with Crippen LogP contribution in [0.3, 0.4) is 0 Å². The fourth-order valence-corrected chi connectivity index (χ4v) is 2.99. The van der Waals surface area contributed by atoms with Crippen molar-refractivity contribution >= 4 is 23.3 Å². The van der Waals surface area contributed by atoms with E-state index in [0.29, 0.717) is 16.9 Å². The topological polar surface area (TPSA) is 66.8 Å². The summed E-state index contributed by atoms with van der Waals surface area (Å²) >= 11 is 0. The maximum Gasteiger partial charge on any atom is 0.321 e. The number of amides is 1. The fraction of sp³-hybridized carbons (Fsp3) is 0.263. The summed E-state index contributed by atoms with van der Waals surface area (Å²) in [6.07, 6.45) is -1.22. The Kier molecular flexibility index (Phi) is 4.36. The molecule has 24 heavy (non-hydrogen) atoms. The smallest absolute Gasteiger partial charge is 0.321 e. The van der Waals surface area contributed by atoms with Gasteiger partial charge in [0.05, 0.1) is 12.3 Å². The van der Waals surface area contributed by atoms with Gasteiger partial charge in [-0.2, -0.15) is 0 Å². The van der Waals surface area contributed by atoms with Gasteiger partial charge in [-0.1, -0.05) is 35.9 Å². The molecule has 3 rings (SSSR count). The first-order valence-corrected chi connectivity index (χ1v) is 7.89. The van der Waals surface area contributed by atoms with Crippen molar-refractivity contribution in [3.05, 3.63) is 59.7 Å². The van der Waals surface area contributed by atoms with Crippen LogP contribution in [-0.2, 0) is 14.3 Å². The fourth-order valence-electron chi connectivity index (χ4n) is 2.99. The van der Waals surface area contributed by atoms with E-state index in [9.17, 15) is 14.7 Å². The number of aryl methyl sites for hydroxylation is 1. The summed E-state index contributed by atoms with van der Waals surface area (Å²) in [4.78, 5) is 26.7. The Hall–Kier alpha value is -2.66. The van der Waals surface area contributed by atoms with Gasteiger partial charge in [0.1, 0.15) is 6.10 Å². The van der Waals surface area contributed by atoms with E-state index in [2.05, 4.69) is 0 Å².